The Kier molecular flexibility index (Phi) is 6.02. The van der Waals surface area contributed by atoms with Crippen molar-refractivity contribution in [3.63, 3.8) is 0 Å². The number of fused-ring (bicyclic) bond motifs is 1. The van der Waals surface area contributed by atoms with Crippen molar-refractivity contribution < 1.29 is 18.7 Å². The lowest BCUT2D eigenvalue weighted by Crippen LogP contribution is -2.42. The SMILES string of the molecule is CC(C)Nc1c(C(=O)NC[C@@H](F)C(C)(C)O)cnn2cc(-c3ccncc3F)cc12. The molecular weight excluding hydrogens is 392 g/mol. The van der Waals surface area contributed by atoms with Crippen LogP contribution in [0, 0.1) is 5.82 Å². The number of aromatic nitrogens is 3. The maximum Gasteiger partial charge on any atom is 0.255 e. The largest absolute Gasteiger partial charge is 0.387 e. The molecule has 3 rings (SSSR count). The summed E-state index contributed by atoms with van der Waals surface area (Å²) >= 11 is 0. The number of halogens is 2. The van der Waals surface area contributed by atoms with Gasteiger partial charge in [0.2, 0.25) is 0 Å². The highest BCUT2D eigenvalue weighted by Crippen LogP contribution is 2.30. The zero-order valence-electron chi connectivity index (χ0n) is 17.3. The Bertz CT molecular complexity index is 1060. The number of carbonyl (C=O) groups excluding carboxylic acids is 1. The van der Waals surface area contributed by atoms with Gasteiger partial charge in [0.25, 0.3) is 5.91 Å². The molecule has 3 aromatic rings. The highest BCUT2D eigenvalue weighted by Gasteiger charge is 2.27. The molecule has 0 aliphatic carbocycles. The minimum Gasteiger partial charge on any atom is -0.387 e. The number of anilines is 1. The minimum atomic E-state index is -1.63. The maximum atomic E-state index is 14.2. The Labute approximate surface area is 173 Å². The van der Waals surface area contributed by atoms with Crippen molar-refractivity contribution in [2.45, 2.75) is 45.5 Å². The van der Waals surface area contributed by atoms with Crippen LogP contribution < -0.4 is 10.6 Å². The van der Waals surface area contributed by atoms with E-state index in [0.29, 0.717) is 22.3 Å². The van der Waals surface area contributed by atoms with Crippen LogP contribution in [0.1, 0.15) is 38.1 Å². The highest BCUT2D eigenvalue weighted by atomic mass is 19.1. The van der Waals surface area contributed by atoms with Gasteiger partial charge in [-0.25, -0.2) is 13.3 Å². The van der Waals surface area contributed by atoms with Crippen molar-refractivity contribution >= 4 is 17.1 Å². The molecule has 160 valence electrons. The van der Waals surface area contributed by atoms with Crippen molar-refractivity contribution in [3.05, 3.63) is 48.3 Å². The smallest absolute Gasteiger partial charge is 0.255 e. The fourth-order valence-electron chi connectivity index (χ4n) is 2.95. The monoisotopic (exact) mass is 417 g/mol. The number of pyridine rings is 1. The van der Waals surface area contributed by atoms with Crippen molar-refractivity contribution in [2.75, 3.05) is 11.9 Å². The quantitative estimate of drug-likeness (QED) is 0.549. The third kappa shape index (κ3) is 4.56. The number of nitrogens with one attached hydrogen (secondary N) is 2. The Balaban J connectivity index is 2.00. The Morgan fingerprint density at radius 3 is 2.70 bits per heavy atom. The van der Waals surface area contributed by atoms with Crippen molar-refractivity contribution in [2.24, 2.45) is 0 Å². The van der Waals surface area contributed by atoms with Crippen LogP contribution in [0.5, 0.6) is 0 Å². The first kappa shape index (κ1) is 21.6. The van der Waals surface area contributed by atoms with Crippen LogP contribution >= 0.6 is 0 Å². The fraction of sp³-hybridized carbons (Fsp3) is 0.381. The van der Waals surface area contributed by atoms with Gasteiger partial charge < -0.3 is 15.7 Å². The van der Waals surface area contributed by atoms with Gasteiger partial charge in [0.1, 0.15) is 12.0 Å². The predicted molar refractivity (Wildman–Crippen MR) is 111 cm³/mol. The molecular formula is C21H25F2N5O2. The molecule has 0 bridgehead atoms. The molecule has 1 amide bonds. The normalized spacial score (nSPS) is 12.9. The lowest BCUT2D eigenvalue weighted by atomic mass is 10.0. The van der Waals surface area contributed by atoms with Crippen molar-refractivity contribution in [1.29, 1.82) is 0 Å². The predicted octanol–water partition coefficient (Wildman–Crippen LogP) is 3.19. The van der Waals surface area contributed by atoms with Crippen LogP contribution in [0.2, 0.25) is 0 Å². The first-order chi connectivity index (χ1) is 14.1. The second kappa shape index (κ2) is 8.35. The molecule has 7 nitrogen and oxygen atoms in total. The van der Waals surface area contributed by atoms with Gasteiger partial charge in [-0.15, -0.1) is 0 Å². The molecule has 3 N–H and O–H groups in total. The standard InChI is InChI=1S/C21H25F2N5O2/c1-12(2)27-19-15(20(29)25-10-18(23)21(3,4)30)8-26-28-11-13(7-17(19)28)14-5-6-24-9-16(14)22/h5-9,11-12,18,27,30H,10H2,1-4H3,(H,25,29)/t18-/m1/s1. The van der Waals surface area contributed by atoms with E-state index < -0.39 is 23.5 Å². The van der Waals surface area contributed by atoms with E-state index >= 15 is 0 Å². The molecule has 0 fully saturated rings. The van der Waals surface area contributed by atoms with E-state index in [1.807, 2.05) is 13.8 Å². The van der Waals surface area contributed by atoms with Gasteiger partial charge in [-0.1, -0.05) is 0 Å². The van der Waals surface area contributed by atoms with E-state index in [1.54, 1.807) is 22.8 Å². The maximum absolute atomic E-state index is 14.2. The van der Waals surface area contributed by atoms with Gasteiger partial charge in [0, 0.05) is 29.6 Å². The summed E-state index contributed by atoms with van der Waals surface area (Å²) < 4.78 is 29.8. The Hall–Kier alpha value is -3.07. The first-order valence-corrected chi connectivity index (χ1v) is 9.60. The number of hydrogen-bond acceptors (Lipinski definition) is 5. The van der Waals surface area contributed by atoms with Gasteiger partial charge in [-0.2, -0.15) is 5.10 Å². The summed E-state index contributed by atoms with van der Waals surface area (Å²) in [6.07, 6.45) is 4.03. The van der Waals surface area contributed by atoms with Gasteiger partial charge in [-0.05, 0) is 39.8 Å². The number of carbonyl (C=O) groups is 1. The molecule has 3 aromatic heterocycles. The molecule has 3 heterocycles. The fourth-order valence-corrected chi connectivity index (χ4v) is 2.95. The zero-order valence-corrected chi connectivity index (χ0v) is 17.3. The van der Waals surface area contributed by atoms with Crippen LogP contribution in [0.4, 0.5) is 14.5 Å². The van der Waals surface area contributed by atoms with Crippen LogP contribution in [-0.2, 0) is 0 Å². The summed E-state index contributed by atoms with van der Waals surface area (Å²) in [6.45, 7) is 6.16. The molecule has 0 saturated heterocycles. The summed E-state index contributed by atoms with van der Waals surface area (Å²) in [5, 5.41) is 19.7. The average Bonchev–Trinajstić information content (AvgIpc) is 3.09. The third-order valence-corrected chi connectivity index (χ3v) is 4.61. The molecule has 0 aromatic carbocycles. The summed E-state index contributed by atoms with van der Waals surface area (Å²) in [5.41, 5.74) is 0.664. The first-order valence-electron chi connectivity index (χ1n) is 9.60. The highest BCUT2D eigenvalue weighted by molar-refractivity contribution is 6.03. The number of hydrogen-bond donors (Lipinski definition) is 3. The average molecular weight is 417 g/mol. The number of alkyl halides is 1. The van der Waals surface area contributed by atoms with E-state index in [-0.39, 0.29) is 18.2 Å². The summed E-state index contributed by atoms with van der Waals surface area (Å²) in [5.74, 6) is -0.997. The minimum absolute atomic E-state index is 0.0101. The van der Waals surface area contributed by atoms with Gasteiger partial charge >= 0.3 is 0 Å². The van der Waals surface area contributed by atoms with Crippen molar-refractivity contribution in [3.8, 4) is 11.1 Å². The Morgan fingerprint density at radius 2 is 2.07 bits per heavy atom. The van der Waals surface area contributed by atoms with E-state index in [4.69, 9.17) is 0 Å². The lowest BCUT2D eigenvalue weighted by Gasteiger charge is -2.23. The summed E-state index contributed by atoms with van der Waals surface area (Å²) in [7, 11) is 0. The number of aliphatic hydroxyl groups is 1. The summed E-state index contributed by atoms with van der Waals surface area (Å²) in [6, 6.07) is 3.27. The van der Waals surface area contributed by atoms with Crippen LogP contribution in [0.15, 0.2) is 36.9 Å². The summed E-state index contributed by atoms with van der Waals surface area (Å²) in [4.78, 5) is 16.5. The van der Waals surface area contributed by atoms with Gasteiger partial charge in [0.15, 0.2) is 0 Å². The molecule has 0 spiro atoms. The molecule has 0 aliphatic heterocycles. The van der Waals surface area contributed by atoms with E-state index in [9.17, 15) is 18.7 Å². The molecule has 0 aliphatic rings. The zero-order chi connectivity index (χ0) is 22.1. The topological polar surface area (TPSA) is 91.5 Å². The second-order valence-electron chi connectivity index (χ2n) is 7.98. The number of rotatable bonds is 7. The van der Waals surface area contributed by atoms with Crippen LogP contribution in [-0.4, -0.2) is 50.0 Å². The van der Waals surface area contributed by atoms with E-state index in [1.165, 1.54) is 26.2 Å². The molecule has 0 radical (unpaired) electrons. The molecule has 0 saturated carbocycles. The van der Waals surface area contributed by atoms with E-state index in [2.05, 4.69) is 20.7 Å². The second-order valence-corrected chi connectivity index (χ2v) is 7.98. The molecule has 30 heavy (non-hydrogen) atoms. The number of nitrogens with zero attached hydrogens (tertiary/aromatic N) is 3. The van der Waals surface area contributed by atoms with E-state index in [0.717, 1.165) is 6.20 Å². The number of amides is 1. The van der Waals surface area contributed by atoms with Gasteiger partial charge in [-0.3, -0.25) is 9.78 Å². The molecule has 0 unspecified atom stereocenters. The van der Waals surface area contributed by atoms with Gasteiger partial charge in [0.05, 0.1) is 41.3 Å². The van der Waals surface area contributed by atoms with Crippen LogP contribution in [0.25, 0.3) is 16.6 Å². The molecule has 9 heteroatoms. The van der Waals surface area contributed by atoms with Crippen LogP contribution in [0.3, 0.4) is 0 Å². The third-order valence-electron chi connectivity index (χ3n) is 4.61. The molecule has 1 atom stereocenters. The lowest BCUT2D eigenvalue weighted by molar-refractivity contribution is -0.00177. The Morgan fingerprint density at radius 1 is 1.33 bits per heavy atom. The van der Waals surface area contributed by atoms with Crippen molar-refractivity contribution in [1.82, 2.24) is 19.9 Å².